The summed E-state index contributed by atoms with van der Waals surface area (Å²) in [5, 5.41) is 0. The molecule has 0 fully saturated rings. The predicted octanol–water partition coefficient (Wildman–Crippen LogP) is 3.08. The van der Waals surface area contributed by atoms with Crippen LogP contribution in [0.4, 0.5) is 0 Å². The molecule has 0 heteroatoms. The summed E-state index contributed by atoms with van der Waals surface area (Å²) in [6.07, 6.45) is 2.72. The third kappa shape index (κ3) is 3.06. The van der Waals surface area contributed by atoms with Gasteiger partial charge in [-0.05, 0) is 11.8 Å². The molecule has 0 aliphatic carbocycles. The van der Waals surface area contributed by atoms with Gasteiger partial charge in [-0.3, -0.25) is 0 Å². The number of hydrogen-bond donors (Lipinski definition) is 0. The highest BCUT2D eigenvalue weighted by molar-refractivity contribution is 4.54. The van der Waals surface area contributed by atoms with Crippen molar-refractivity contribution in [2.45, 2.75) is 40.5 Å². The van der Waals surface area contributed by atoms with Crippen LogP contribution in [0.5, 0.6) is 0 Å². The zero-order chi connectivity index (χ0) is 6.57. The van der Waals surface area contributed by atoms with E-state index in [2.05, 4.69) is 27.7 Å². The summed E-state index contributed by atoms with van der Waals surface area (Å²) in [6, 6.07) is 0. The molecular formula is C8H18. The van der Waals surface area contributed by atoms with Crippen molar-refractivity contribution in [1.82, 2.24) is 0 Å². The van der Waals surface area contributed by atoms with E-state index in [1.54, 1.807) is 0 Å². The summed E-state index contributed by atoms with van der Waals surface area (Å²) in [5.74, 6) is 1.79. The van der Waals surface area contributed by atoms with Crippen LogP contribution in [0, 0.1) is 11.8 Å². The minimum absolute atomic E-state index is 0.870. The summed E-state index contributed by atoms with van der Waals surface area (Å²) in [5.41, 5.74) is 0. The molecule has 0 aliphatic rings. The Hall–Kier alpha value is 0. The monoisotopic (exact) mass is 114 g/mol. The van der Waals surface area contributed by atoms with E-state index in [4.69, 9.17) is 0 Å². The summed E-state index contributed by atoms with van der Waals surface area (Å²) >= 11 is 0. The number of rotatable bonds is 3. The Kier molecular flexibility index (Phi) is 3.94. The van der Waals surface area contributed by atoms with Crippen molar-refractivity contribution in [3.05, 3.63) is 0 Å². The first-order chi connectivity index (χ1) is 3.68. The van der Waals surface area contributed by atoms with E-state index in [0.717, 1.165) is 11.8 Å². The van der Waals surface area contributed by atoms with Gasteiger partial charge in [0.05, 0.1) is 0 Å². The molecular weight excluding hydrogens is 96.1 g/mol. The van der Waals surface area contributed by atoms with Crippen LogP contribution in [0.15, 0.2) is 0 Å². The number of hydrogen-bond acceptors (Lipinski definition) is 0. The molecule has 0 saturated carbocycles. The second-order valence-corrected chi connectivity index (χ2v) is 3.01. The van der Waals surface area contributed by atoms with Gasteiger partial charge in [0.15, 0.2) is 0 Å². The molecule has 0 bridgehead atoms. The van der Waals surface area contributed by atoms with E-state index in [0.29, 0.717) is 0 Å². The fourth-order valence-electron chi connectivity index (χ4n) is 0.789. The zero-order valence-corrected chi connectivity index (χ0v) is 6.57. The average molecular weight is 114 g/mol. The Labute approximate surface area is 53.3 Å². The van der Waals surface area contributed by atoms with Gasteiger partial charge in [0, 0.05) is 0 Å². The maximum atomic E-state index is 2.33. The van der Waals surface area contributed by atoms with Crippen LogP contribution in [-0.2, 0) is 0 Å². The van der Waals surface area contributed by atoms with Crippen molar-refractivity contribution in [2.75, 3.05) is 0 Å². The Balaban J connectivity index is 3.17. The van der Waals surface area contributed by atoms with Crippen molar-refractivity contribution < 1.29 is 0 Å². The molecule has 50 valence electrons. The highest BCUT2D eigenvalue weighted by atomic mass is 14.1. The first-order valence-corrected chi connectivity index (χ1v) is 3.68. The molecule has 0 rings (SSSR count). The van der Waals surface area contributed by atoms with Crippen molar-refractivity contribution in [2.24, 2.45) is 11.8 Å². The quantitative estimate of drug-likeness (QED) is 0.529. The van der Waals surface area contributed by atoms with Crippen molar-refractivity contribution in [3.63, 3.8) is 0 Å². The van der Waals surface area contributed by atoms with E-state index in [1.807, 2.05) is 0 Å². The van der Waals surface area contributed by atoms with Gasteiger partial charge in [-0.25, -0.2) is 0 Å². The molecule has 0 radical (unpaired) electrons. The van der Waals surface area contributed by atoms with Crippen LogP contribution in [0.25, 0.3) is 0 Å². The van der Waals surface area contributed by atoms with E-state index < -0.39 is 0 Å². The van der Waals surface area contributed by atoms with Crippen molar-refractivity contribution in [1.29, 1.82) is 0 Å². The Morgan fingerprint density at radius 3 is 1.75 bits per heavy atom. The largest absolute Gasteiger partial charge is 0.0654 e. The maximum absolute atomic E-state index is 2.33. The fraction of sp³-hybridized carbons (Fsp3) is 1.00. The lowest BCUT2D eigenvalue weighted by atomic mass is 9.94. The van der Waals surface area contributed by atoms with Crippen LogP contribution in [0.2, 0.25) is 0 Å². The normalized spacial score (nSPS) is 14.6. The van der Waals surface area contributed by atoms with Crippen molar-refractivity contribution in [3.8, 4) is 0 Å². The minimum atomic E-state index is 0.870. The van der Waals surface area contributed by atoms with Crippen molar-refractivity contribution >= 4 is 0 Å². The van der Waals surface area contributed by atoms with Gasteiger partial charge in [-0.1, -0.05) is 40.5 Å². The highest BCUT2D eigenvalue weighted by Gasteiger charge is 2.03. The summed E-state index contributed by atoms with van der Waals surface area (Å²) in [4.78, 5) is 0. The molecule has 0 aromatic heterocycles. The van der Waals surface area contributed by atoms with Crippen LogP contribution in [0.3, 0.4) is 0 Å². The molecule has 0 nitrogen and oxygen atoms in total. The molecule has 0 aromatic carbocycles. The molecule has 0 aliphatic heterocycles. The highest BCUT2D eigenvalue weighted by Crippen LogP contribution is 2.14. The Morgan fingerprint density at radius 1 is 1.12 bits per heavy atom. The van der Waals surface area contributed by atoms with Gasteiger partial charge >= 0.3 is 0 Å². The predicted molar refractivity (Wildman–Crippen MR) is 38.9 cm³/mol. The van der Waals surface area contributed by atoms with Gasteiger partial charge in [0.2, 0.25) is 0 Å². The maximum Gasteiger partial charge on any atom is -0.0420 e. The topological polar surface area (TPSA) is 0 Å². The van der Waals surface area contributed by atoms with Crippen LogP contribution in [0.1, 0.15) is 40.5 Å². The molecule has 1 atom stereocenters. The van der Waals surface area contributed by atoms with Crippen LogP contribution >= 0.6 is 0 Å². The first kappa shape index (κ1) is 8.00. The lowest BCUT2D eigenvalue weighted by Gasteiger charge is -2.12. The van der Waals surface area contributed by atoms with Crippen LogP contribution < -0.4 is 0 Å². The lowest BCUT2D eigenvalue weighted by Crippen LogP contribution is -2.02. The molecule has 0 amide bonds. The summed E-state index contributed by atoms with van der Waals surface area (Å²) in [6.45, 7) is 9.16. The summed E-state index contributed by atoms with van der Waals surface area (Å²) < 4.78 is 0. The zero-order valence-electron chi connectivity index (χ0n) is 6.57. The second-order valence-electron chi connectivity index (χ2n) is 3.01. The molecule has 0 aromatic rings. The van der Waals surface area contributed by atoms with Gasteiger partial charge < -0.3 is 0 Å². The first-order valence-electron chi connectivity index (χ1n) is 3.68. The Morgan fingerprint density at radius 2 is 1.62 bits per heavy atom. The lowest BCUT2D eigenvalue weighted by molar-refractivity contribution is 0.389. The smallest absolute Gasteiger partial charge is 0.0420 e. The molecule has 8 heavy (non-hydrogen) atoms. The van der Waals surface area contributed by atoms with E-state index in [9.17, 15) is 0 Å². The fourth-order valence-corrected chi connectivity index (χ4v) is 0.789. The summed E-state index contributed by atoms with van der Waals surface area (Å²) in [7, 11) is 0. The minimum Gasteiger partial charge on any atom is -0.0654 e. The molecule has 0 spiro atoms. The molecule has 0 saturated heterocycles. The third-order valence-electron chi connectivity index (χ3n) is 1.88. The van der Waals surface area contributed by atoms with Gasteiger partial charge in [-0.15, -0.1) is 0 Å². The van der Waals surface area contributed by atoms with E-state index in [-0.39, 0.29) is 0 Å². The molecule has 0 unspecified atom stereocenters. The standard InChI is InChI=1S/C8H18/c1-5-6-8(4)7(2)3/h7-8H,5-6H2,1-4H3/t8-/m0/s1. The van der Waals surface area contributed by atoms with Gasteiger partial charge in [0.25, 0.3) is 0 Å². The molecule has 0 N–H and O–H groups in total. The third-order valence-corrected chi connectivity index (χ3v) is 1.88. The second kappa shape index (κ2) is 3.94. The molecule has 0 heterocycles. The Bertz CT molecular complexity index is 46.0. The van der Waals surface area contributed by atoms with E-state index >= 15 is 0 Å². The van der Waals surface area contributed by atoms with Gasteiger partial charge in [0.1, 0.15) is 0 Å². The van der Waals surface area contributed by atoms with Crippen LogP contribution in [-0.4, -0.2) is 0 Å². The average Bonchev–Trinajstić information content (AvgIpc) is 1.67. The van der Waals surface area contributed by atoms with Gasteiger partial charge in [-0.2, -0.15) is 0 Å². The van der Waals surface area contributed by atoms with E-state index in [1.165, 1.54) is 12.8 Å². The SMILES string of the molecule is CCC[C@H](C)C(C)C.